The first-order valence-electron chi connectivity index (χ1n) is 7.65. The first-order chi connectivity index (χ1) is 11.4. The maximum atomic E-state index is 12.8. The fourth-order valence-corrected chi connectivity index (χ4v) is 4.30. The van der Waals surface area contributed by atoms with E-state index >= 15 is 0 Å². The van der Waals surface area contributed by atoms with Gasteiger partial charge in [0.25, 0.3) is 0 Å². The molecule has 0 spiro atoms. The number of fused-ring (bicyclic) bond motifs is 1. The second kappa shape index (κ2) is 8.12. The molecule has 0 bridgehead atoms. The van der Waals surface area contributed by atoms with Gasteiger partial charge in [-0.25, -0.2) is 9.78 Å². The number of aromatic nitrogens is 2. The van der Waals surface area contributed by atoms with Crippen molar-refractivity contribution in [3.63, 3.8) is 0 Å². The summed E-state index contributed by atoms with van der Waals surface area (Å²) in [6.07, 6.45) is 1.49. The predicted molar refractivity (Wildman–Crippen MR) is 90.7 cm³/mol. The lowest BCUT2D eigenvalue weighted by molar-refractivity contribution is 0.0520. The van der Waals surface area contributed by atoms with Gasteiger partial charge in [-0.05, 0) is 32.9 Å². The van der Waals surface area contributed by atoms with Gasteiger partial charge in [0.2, 0.25) is 0 Å². The molecule has 0 aliphatic carbocycles. The highest BCUT2D eigenvalue weighted by Gasteiger charge is 2.27. The van der Waals surface area contributed by atoms with Crippen molar-refractivity contribution >= 4 is 30.8 Å². The quantitative estimate of drug-likeness (QED) is 0.514. The van der Waals surface area contributed by atoms with Crippen LogP contribution < -0.4 is 0 Å². The zero-order valence-corrected chi connectivity index (χ0v) is 15.5. The highest BCUT2D eigenvalue weighted by Crippen LogP contribution is 2.52. The minimum Gasteiger partial charge on any atom is -0.461 e. The van der Waals surface area contributed by atoms with Crippen LogP contribution in [0.4, 0.5) is 0 Å². The van der Waals surface area contributed by atoms with Gasteiger partial charge in [0.05, 0.1) is 36.7 Å². The van der Waals surface area contributed by atoms with Crippen molar-refractivity contribution in [2.24, 2.45) is 0 Å². The van der Waals surface area contributed by atoms with E-state index in [0.717, 1.165) is 0 Å². The Morgan fingerprint density at radius 2 is 1.88 bits per heavy atom. The lowest BCUT2D eigenvalue weighted by atomic mass is 10.3. The molecular weight excluding hydrogens is 355 g/mol. The first-order valence-corrected chi connectivity index (χ1v) is 9.76. The topological polar surface area (TPSA) is 79.1 Å². The second-order valence-corrected chi connectivity index (χ2v) is 7.27. The summed E-state index contributed by atoms with van der Waals surface area (Å²) in [6.45, 7) is 5.96. The number of carbonyl (C=O) groups excluding carboxylic acids is 1. The first kappa shape index (κ1) is 18.9. The minimum atomic E-state index is -3.35. The SMILES string of the molecule is CCOC(=O)c1cn2c(CP(=O)(OCC)OCC)c(Cl)ccc2n1. The van der Waals surface area contributed by atoms with Gasteiger partial charge < -0.3 is 18.2 Å². The van der Waals surface area contributed by atoms with Gasteiger partial charge in [0, 0.05) is 6.20 Å². The van der Waals surface area contributed by atoms with Crippen LogP contribution in [0, 0.1) is 0 Å². The molecule has 2 heterocycles. The lowest BCUT2D eigenvalue weighted by Crippen LogP contribution is -2.05. The predicted octanol–water partition coefficient (Wildman–Crippen LogP) is 3.93. The molecule has 0 aromatic carbocycles. The van der Waals surface area contributed by atoms with Gasteiger partial charge in [0.15, 0.2) is 5.69 Å². The Hall–Kier alpha value is -1.40. The Balaban J connectivity index is 2.46. The smallest absolute Gasteiger partial charge is 0.358 e. The van der Waals surface area contributed by atoms with E-state index in [2.05, 4.69) is 4.98 Å². The summed E-state index contributed by atoms with van der Waals surface area (Å²) in [4.78, 5) is 16.1. The number of esters is 1. The van der Waals surface area contributed by atoms with Crippen molar-refractivity contribution in [1.29, 1.82) is 0 Å². The fourth-order valence-electron chi connectivity index (χ4n) is 2.25. The molecule has 0 N–H and O–H groups in total. The summed E-state index contributed by atoms with van der Waals surface area (Å²) in [5.41, 5.74) is 1.16. The van der Waals surface area contributed by atoms with Crippen LogP contribution in [0.25, 0.3) is 5.65 Å². The van der Waals surface area contributed by atoms with E-state index in [1.165, 1.54) is 6.20 Å². The van der Waals surface area contributed by atoms with Crippen LogP contribution >= 0.6 is 19.2 Å². The zero-order chi connectivity index (χ0) is 17.7. The molecule has 0 saturated carbocycles. The van der Waals surface area contributed by atoms with Gasteiger partial charge in [0.1, 0.15) is 5.65 Å². The van der Waals surface area contributed by atoms with E-state index in [-0.39, 0.29) is 31.7 Å². The summed E-state index contributed by atoms with van der Waals surface area (Å²) < 4.78 is 30.0. The average molecular weight is 375 g/mol. The molecule has 0 saturated heterocycles. The van der Waals surface area contributed by atoms with Gasteiger partial charge in [-0.2, -0.15) is 0 Å². The van der Waals surface area contributed by atoms with Gasteiger partial charge >= 0.3 is 13.6 Å². The number of imidazole rings is 1. The number of nitrogens with zero attached hydrogens (tertiary/aromatic N) is 2. The van der Waals surface area contributed by atoms with E-state index in [0.29, 0.717) is 16.4 Å². The molecule has 24 heavy (non-hydrogen) atoms. The minimum absolute atomic E-state index is 0.0243. The number of carbonyl (C=O) groups is 1. The van der Waals surface area contributed by atoms with E-state index < -0.39 is 13.6 Å². The molecule has 9 heteroatoms. The van der Waals surface area contributed by atoms with E-state index in [1.807, 2.05) is 0 Å². The van der Waals surface area contributed by atoms with E-state index in [4.69, 9.17) is 25.4 Å². The largest absolute Gasteiger partial charge is 0.461 e. The molecule has 2 rings (SSSR count). The maximum absolute atomic E-state index is 12.8. The van der Waals surface area contributed by atoms with E-state index in [1.54, 1.807) is 37.3 Å². The average Bonchev–Trinajstić information content (AvgIpc) is 2.95. The normalized spacial score (nSPS) is 11.8. The number of hydrogen-bond acceptors (Lipinski definition) is 6. The summed E-state index contributed by atoms with van der Waals surface area (Å²) in [5.74, 6) is -0.527. The van der Waals surface area contributed by atoms with E-state index in [9.17, 15) is 9.36 Å². The Morgan fingerprint density at radius 3 is 2.46 bits per heavy atom. The highest BCUT2D eigenvalue weighted by molar-refractivity contribution is 7.53. The van der Waals surface area contributed by atoms with Crippen LogP contribution in [0.3, 0.4) is 0 Å². The number of ether oxygens (including phenoxy) is 1. The van der Waals surface area contributed by atoms with Crippen LogP contribution in [0.2, 0.25) is 5.02 Å². The molecule has 0 unspecified atom stereocenters. The van der Waals surface area contributed by atoms with Crippen LogP contribution in [-0.4, -0.2) is 35.2 Å². The van der Waals surface area contributed by atoms with Gasteiger partial charge in [-0.3, -0.25) is 4.57 Å². The molecule has 2 aromatic rings. The van der Waals surface area contributed by atoms with Crippen LogP contribution in [0.1, 0.15) is 37.0 Å². The van der Waals surface area contributed by atoms with Crippen molar-refractivity contribution in [2.75, 3.05) is 19.8 Å². The maximum Gasteiger partial charge on any atom is 0.358 e. The van der Waals surface area contributed by atoms with Crippen molar-refractivity contribution in [1.82, 2.24) is 9.38 Å². The van der Waals surface area contributed by atoms with Crippen molar-refractivity contribution in [2.45, 2.75) is 26.9 Å². The molecule has 0 aliphatic heterocycles. The van der Waals surface area contributed by atoms with Gasteiger partial charge in [-0.15, -0.1) is 0 Å². The zero-order valence-electron chi connectivity index (χ0n) is 13.8. The third kappa shape index (κ3) is 4.16. The standard InChI is InChI=1S/C15H20ClN2O5P/c1-4-21-15(19)12-9-18-13(11(16)7-8-14(18)17-12)10-24(20,22-5-2)23-6-3/h7-9H,4-6,10H2,1-3H3. The Morgan fingerprint density at radius 1 is 1.21 bits per heavy atom. The Labute approximate surface area is 145 Å². The molecule has 0 aliphatic rings. The molecule has 132 valence electrons. The van der Waals surface area contributed by atoms with Crippen molar-refractivity contribution < 1.29 is 23.1 Å². The van der Waals surface area contributed by atoms with Crippen LogP contribution in [0.15, 0.2) is 18.3 Å². The number of hydrogen-bond donors (Lipinski definition) is 0. The third-order valence-corrected chi connectivity index (χ3v) is 5.49. The highest BCUT2D eigenvalue weighted by atomic mass is 35.5. The number of halogens is 1. The molecule has 7 nitrogen and oxygen atoms in total. The molecule has 0 amide bonds. The van der Waals surface area contributed by atoms with Crippen LogP contribution in [-0.2, 0) is 24.5 Å². The molecule has 0 fully saturated rings. The Bertz CT molecular complexity index is 767. The fraction of sp³-hybridized carbons (Fsp3) is 0.467. The summed E-state index contributed by atoms with van der Waals surface area (Å²) in [7, 11) is -3.35. The lowest BCUT2D eigenvalue weighted by Gasteiger charge is -2.18. The molecular formula is C15H20ClN2O5P. The van der Waals surface area contributed by atoms with Crippen LogP contribution in [0.5, 0.6) is 0 Å². The third-order valence-electron chi connectivity index (χ3n) is 3.16. The molecule has 0 radical (unpaired) electrons. The number of rotatable bonds is 8. The molecule has 0 atom stereocenters. The molecule has 2 aromatic heterocycles. The summed E-state index contributed by atoms with van der Waals surface area (Å²) in [6, 6.07) is 3.30. The van der Waals surface area contributed by atoms with Crippen molar-refractivity contribution in [3.05, 3.63) is 34.7 Å². The summed E-state index contributed by atoms with van der Waals surface area (Å²) >= 11 is 6.26. The monoisotopic (exact) mass is 374 g/mol. The van der Waals surface area contributed by atoms with Crippen molar-refractivity contribution in [3.8, 4) is 0 Å². The summed E-state index contributed by atoms with van der Waals surface area (Å²) in [5, 5.41) is 0.384. The number of pyridine rings is 1. The van der Waals surface area contributed by atoms with Gasteiger partial charge in [-0.1, -0.05) is 11.6 Å². The Kier molecular flexibility index (Phi) is 6.40. The second-order valence-electron chi connectivity index (χ2n) is 4.81.